The van der Waals surface area contributed by atoms with Gasteiger partial charge >= 0.3 is 5.97 Å². The molecule has 0 aromatic carbocycles. The van der Waals surface area contributed by atoms with E-state index >= 15 is 0 Å². The number of esters is 1. The van der Waals surface area contributed by atoms with Crippen LogP contribution >= 0.6 is 0 Å². The average molecular weight is 235 g/mol. The average Bonchev–Trinajstić information content (AvgIpc) is 2.34. The number of ether oxygens (including phenoxy) is 1. The second kappa shape index (κ2) is 7.82. The number of carbonyl (C=O) groups excluding carboxylic acids is 1. The van der Waals surface area contributed by atoms with Gasteiger partial charge in [0.25, 0.3) is 0 Å². The Labute approximate surface area is 103 Å². The lowest BCUT2D eigenvalue weighted by Gasteiger charge is -2.05. The smallest absolute Gasteiger partial charge is 0.338 e. The van der Waals surface area contributed by atoms with Gasteiger partial charge in [-0.2, -0.15) is 0 Å². The van der Waals surface area contributed by atoms with Crippen molar-refractivity contribution in [1.29, 1.82) is 0 Å². The summed E-state index contributed by atoms with van der Waals surface area (Å²) in [6.45, 7) is 4.96. The van der Waals surface area contributed by atoms with Gasteiger partial charge in [0.15, 0.2) is 0 Å². The van der Waals surface area contributed by atoms with E-state index in [9.17, 15) is 4.79 Å². The summed E-state index contributed by atoms with van der Waals surface area (Å²) in [5.74, 6) is 0.505. The van der Waals surface area contributed by atoms with Gasteiger partial charge in [0, 0.05) is 12.4 Å². The Morgan fingerprint density at radius 3 is 2.59 bits per heavy atom. The minimum atomic E-state index is -0.253. The molecular weight excluding hydrogens is 214 g/mol. The van der Waals surface area contributed by atoms with Crippen molar-refractivity contribution in [2.75, 3.05) is 6.61 Å². The van der Waals surface area contributed by atoms with E-state index < -0.39 is 0 Å². The minimum Gasteiger partial charge on any atom is -0.462 e. The monoisotopic (exact) mass is 235 g/mol. The molecule has 1 heterocycles. The van der Waals surface area contributed by atoms with Gasteiger partial charge in [0.05, 0.1) is 12.2 Å². The standard InChI is InChI=1S/C14H21NO2/c1-12(2)6-4-3-5-11-17-14(16)13-7-9-15-10-8-13/h7-10,12H,3-6,11H2,1-2H3. The summed E-state index contributed by atoms with van der Waals surface area (Å²) in [6, 6.07) is 3.34. The quantitative estimate of drug-likeness (QED) is 0.536. The Hall–Kier alpha value is -1.38. The van der Waals surface area contributed by atoms with Gasteiger partial charge in [-0.05, 0) is 24.5 Å². The Morgan fingerprint density at radius 1 is 1.24 bits per heavy atom. The Balaban J connectivity index is 2.09. The molecule has 3 nitrogen and oxygen atoms in total. The van der Waals surface area contributed by atoms with Crippen LogP contribution in [0.3, 0.4) is 0 Å². The molecule has 0 spiro atoms. The van der Waals surface area contributed by atoms with Gasteiger partial charge in [-0.1, -0.05) is 33.1 Å². The van der Waals surface area contributed by atoms with E-state index in [1.165, 1.54) is 12.8 Å². The number of hydrogen-bond donors (Lipinski definition) is 0. The summed E-state index contributed by atoms with van der Waals surface area (Å²) in [5, 5.41) is 0. The van der Waals surface area contributed by atoms with Gasteiger partial charge in [-0.15, -0.1) is 0 Å². The molecule has 1 aromatic rings. The molecule has 0 saturated carbocycles. The molecule has 0 aliphatic carbocycles. The van der Waals surface area contributed by atoms with Crippen molar-refractivity contribution in [3.8, 4) is 0 Å². The minimum absolute atomic E-state index is 0.253. The summed E-state index contributed by atoms with van der Waals surface area (Å²) >= 11 is 0. The molecule has 0 N–H and O–H groups in total. The van der Waals surface area contributed by atoms with Crippen LogP contribution in [0.2, 0.25) is 0 Å². The molecule has 0 unspecified atom stereocenters. The lowest BCUT2D eigenvalue weighted by molar-refractivity contribution is 0.0497. The number of pyridine rings is 1. The van der Waals surface area contributed by atoms with Crippen molar-refractivity contribution in [2.45, 2.75) is 39.5 Å². The van der Waals surface area contributed by atoms with Gasteiger partial charge < -0.3 is 4.74 Å². The molecule has 0 saturated heterocycles. The van der Waals surface area contributed by atoms with Crippen molar-refractivity contribution in [3.63, 3.8) is 0 Å². The number of nitrogens with zero attached hydrogens (tertiary/aromatic N) is 1. The highest BCUT2D eigenvalue weighted by molar-refractivity contribution is 5.89. The van der Waals surface area contributed by atoms with Crippen molar-refractivity contribution < 1.29 is 9.53 Å². The zero-order valence-corrected chi connectivity index (χ0v) is 10.7. The van der Waals surface area contributed by atoms with E-state index in [1.54, 1.807) is 24.5 Å². The topological polar surface area (TPSA) is 39.2 Å². The van der Waals surface area contributed by atoms with E-state index in [-0.39, 0.29) is 5.97 Å². The van der Waals surface area contributed by atoms with Crippen LogP contribution in [0.4, 0.5) is 0 Å². The molecule has 1 aromatic heterocycles. The number of carbonyl (C=O) groups is 1. The molecule has 0 fully saturated rings. The second-order valence-corrected chi connectivity index (χ2v) is 4.61. The van der Waals surface area contributed by atoms with Crippen LogP contribution in [0.5, 0.6) is 0 Å². The molecular formula is C14H21NO2. The van der Waals surface area contributed by atoms with Gasteiger partial charge in [0.2, 0.25) is 0 Å². The van der Waals surface area contributed by atoms with Gasteiger partial charge in [-0.25, -0.2) is 4.79 Å². The largest absolute Gasteiger partial charge is 0.462 e. The molecule has 0 aliphatic heterocycles. The van der Waals surface area contributed by atoms with Gasteiger partial charge in [-0.3, -0.25) is 4.98 Å². The van der Waals surface area contributed by atoms with Gasteiger partial charge in [0.1, 0.15) is 0 Å². The summed E-state index contributed by atoms with van der Waals surface area (Å²) in [7, 11) is 0. The Kier molecular flexibility index (Phi) is 6.30. The van der Waals surface area contributed by atoms with E-state index in [1.807, 2.05) is 0 Å². The summed E-state index contributed by atoms with van der Waals surface area (Å²) in [6.07, 6.45) is 7.73. The molecule has 0 atom stereocenters. The maximum absolute atomic E-state index is 11.5. The van der Waals surface area contributed by atoms with Crippen LogP contribution in [0, 0.1) is 5.92 Å². The van der Waals surface area contributed by atoms with Crippen LogP contribution in [-0.4, -0.2) is 17.6 Å². The van der Waals surface area contributed by atoms with Crippen molar-refractivity contribution >= 4 is 5.97 Å². The fourth-order valence-corrected chi connectivity index (χ4v) is 1.57. The van der Waals surface area contributed by atoms with Crippen LogP contribution in [0.15, 0.2) is 24.5 Å². The molecule has 1 rings (SSSR count). The highest BCUT2D eigenvalue weighted by Gasteiger charge is 2.05. The van der Waals surface area contributed by atoms with Crippen molar-refractivity contribution in [1.82, 2.24) is 4.98 Å². The summed E-state index contributed by atoms with van der Waals surface area (Å²) in [4.78, 5) is 15.4. The molecule has 0 aliphatic rings. The highest BCUT2D eigenvalue weighted by Crippen LogP contribution is 2.08. The third-order valence-electron chi connectivity index (χ3n) is 2.57. The predicted molar refractivity (Wildman–Crippen MR) is 67.8 cm³/mol. The lowest BCUT2D eigenvalue weighted by Crippen LogP contribution is -2.06. The maximum atomic E-state index is 11.5. The van der Waals surface area contributed by atoms with E-state index in [2.05, 4.69) is 18.8 Å². The number of aromatic nitrogens is 1. The molecule has 0 radical (unpaired) electrons. The van der Waals surface area contributed by atoms with Crippen LogP contribution in [0.1, 0.15) is 49.9 Å². The van der Waals surface area contributed by atoms with Crippen LogP contribution in [0.25, 0.3) is 0 Å². The molecule has 3 heteroatoms. The first-order valence-electron chi connectivity index (χ1n) is 6.27. The number of hydrogen-bond acceptors (Lipinski definition) is 3. The second-order valence-electron chi connectivity index (χ2n) is 4.61. The summed E-state index contributed by atoms with van der Waals surface area (Å²) in [5.41, 5.74) is 0.571. The fraction of sp³-hybridized carbons (Fsp3) is 0.571. The predicted octanol–water partition coefficient (Wildman–Crippen LogP) is 3.45. The zero-order valence-electron chi connectivity index (χ0n) is 10.7. The zero-order chi connectivity index (χ0) is 12.5. The molecule has 94 valence electrons. The first-order chi connectivity index (χ1) is 8.20. The molecule has 0 bridgehead atoms. The number of unbranched alkanes of at least 4 members (excludes halogenated alkanes) is 2. The van der Waals surface area contributed by atoms with Crippen LogP contribution < -0.4 is 0 Å². The number of rotatable bonds is 7. The SMILES string of the molecule is CC(C)CCCCCOC(=O)c1ccncc1. The highest BCUT2D eigenvalue weighted by atomic mass is 16.5. The maximum Gasteiger partial charge on any atom is 0.338 e. The third kappa shape index (κ3) is 6.05. The van der Waals surface area contributed by atoms with E-state index in [0.717, 1.165) is 18.8 Å². The van der Waals surface area contributed by atoms with Crippen LogP contribution in [-0.2, 0) is 4.74 Å². The normalized spacial score (nSPS) is 10.5. The first-order valence-corrected chi connectivity index (χ1v) is 6.27. The first kappa shape index (κ1) is 13.7. The fourth-order valence-electron chi connectivity index (χ4n) is 1.57. The van der Waals surface area contributed by atoms with Crippen molar-refractivity contribution in [3.05, 3.63) is 30.1 Å². The molecule has 17 heavy (non-hydrogen) atoms. The lowest BCUT2D eigenvalue weighted by atomic mass is 10.1. The third-order valence-corrected chi connectivity index (χ3v) is 2.57. The Morgan fingerprint density at radius 2 is 1.94 bits per heavy atom. The Bertz CT molecular complexity index is 322. The van der Waals surface area contributed by atoms with E-state index in [4.69, 9.17) is 4.74 Å². The van der Waals surface area contributed by atoms with E-state index in [0.29, 0.717) is 12.2 Å². The summed E-state index contributed by atoms with van der Waals surface area (Å²) < 4.78 is 5.17. The molecule has 0 amide bonds. The van der Waals surface area contributed by atoms with Crippen molar-refractivity contribution in [2.24, 2.45) is 5.92 Å².